The molecule has 0 aliphatic carbocycles. The lowest BCUT2D eigenvalue weighted by Gasteiger charge is -2.41. The van der Waals surface area contributed by atoms with Crippen molar-refractivity contribution >= 4 is 40.7 Å². The Hall–Kier alpha value is -1.58. The van der Waals surface area contributed by atoms with E-state index in [1.165, 1.54) is 5.39 Å². The zero-order valence-electron chi connectivity index (χ0n) is 17.6. The van der Waals surface area contributed by atoms with Crippen molar-refractivity contribution in [2.45, 2.75) is 19.4 Å². The van der Waals surface area contributed by atoms with E-state index in [9.17, 15) is 0 Å². The molecule has 1 saturated heterocycles. The highest BCUT2D eigenvalue weighted by molar-refractivity contribution is 14.0. The number of rotatable bonds is 7. The van der Waals surface area contributed by atoms with Crippen molar-refractivity contribution in [2.24, 2.45) is 4.99 Å². The molecule has 0 radical (unpaired) electrons. The second-order valence-electron chi connectivity index (χ2n) is 7.59. The number of guanidine groups is 1. The summed E-state index contributed by atoms with van der Waals surface area (Å²) in [6.45, 7) is 10.1. The predicted octanol–water partition coefficient (Wildman–Crippen LogP) is 3.11. The number of morpholine rings is 1. The minimum absolute atomic E-state index is 0. The number of nitrogens with zero attached hydrogens (tertiary/aromatic N) is 2. The van der Waals surface area contributed by atoms with E-state index in [1.807, 2.05) is 24.3 Å². The Balaban J connectivity index is 0.00000300. The van der Waals surface area contributed by atoms with Crippen LogP contribution in [0.5, 0.6) is 5.75 Å². The number of nitrogens with one attached hydrogen (secondary N) is 2. The van der Waals surface area contributed by atoms with Gasteiger partial charge in [0.05, 0.1) is 19.8 Å². The van der Waals surface area contributed by atoms with Crippen LogP contribution in [0.4, 0.5) is 0 Å². The van der Waals surface area contributed by atoms with Crippen molar-refractivity contribution < 1.29 is 9.47 Å². The molecule has 1 heterocycles. The predicted molar refractivity (Wildman–Crippen MR) is 131 cm³/mol. The Kier molecular flexibility index (Phi) is 9.45. The molecule has 0 atom stereocenters. The fraction of sp³-hybridized carbons (Fsp3) is 0.500. The highest BCUT2D eigenvalue weighted by Crippen LogP contribution is 2.24. The van der Waals surface area contributed by atoms with Crippen LogP contribution in [-0.4, -0.2) is 69.4 Å². The van der Waals surface area contributed by atoms with Crippen LogP contribution in [0.3, 0.4) is 0 Å². The standard InChI is InChI=1S/C22H32N4O2.HI/c1-22(2,26-12-15-27-16-13-26)17-25-21(23-3)24-11-14-28-20-10-6-8-18-7-4-5-9-19(18)20;/h4-10H,11-17H2,1-3H3,(H2,23,24,25);1H. The molecule has 2 aromatic rings. The van der Waals surface area contributed by atoms with Gasteiger partial charge in [0.1, 0.15) is 12.4 Å². The molecular weight excluding hydrogens is 479 g/mol. The SMILES string of the molecule is CN=C(NCCOc1cccc2ccccc12)NCC(C)(C)N1CCOCC1.I. The number of halogens is 1. The Bertz CT molecular complexity index is 786. The van der Waals surface area contributed by atoms with Crippen LogP contribution >= 0.6 is 24.0 Å². The maximum atomic E-state index is 5.99. The molecule has 3 rings (SSSR count). The largest absolute Gasteiger partial charge is 0.491 e. The van der Waals surface area contributed by atoms with Gasteiger partial charge in [-0.05, 0) is 25.3 Å². The number of hydrogen-bond acceptors (Lipinski definition) is 4. The van der Waals surface area contributed by atoms with Crippen LogP contribution in [-0.2, 0) is 4.74 Å². The molecule has 1 aliphatic rings. The normalized spacial score (nSPS) is 15.6. The van der Waals surface area contributed by atoms with E-state index in [-0.39, 0.29) is 29.5 Å². The van der Waals surface area contributed by atoms with Gasteiger partial charge in [-0.3, -0.25) is 9.89 Å². The molecule has 0 spiro atoms. The summed E-state index contributed by atoms with van der Waals surface area (Å²) in [5.41, 5.74) is 0.0425. The number of fused-ring (bicyclic) bond motifs is 1. The average Bonchev–Trinajstić information content (AvgIpc) is 2.74. The summed E-state index contributed by atoms with van der Waals surface area (Å²) in [6.07, 6.45) is 0. The van der Waals surface area contributed by atoms with Crippen molar-refractivity contribution in [1.29, 1.82) is 0 Å². The van der Waals surface area contributed by atoms with Gasteiger partial charge in [0.15, 0.2) is 5.96 Å². The maximum absolute atomic E-state index is 5.99. The second-order valence-corrected chi connectivity index (χ2v) is 7.59. The van der Waals surface area contributed by atoms with Gasteiger partial charge in [0.25, 0.3) is 0 Å². The van der Waals surface area contributed by atoms with Crippen LogP contribution < -0.4 is 15.4 Å². The van der Waals surface area contributed by atoms with E-state index in [0.29, 0.717) is 13.2 Å². The summed E-state index contributed by atoms with van der Waals surface area (Å²) in [5, 5.41) is 9.10. The van der Waals surface area contributed by atoms with Crippen LogP contribution in [0.25, 0.3) is 10.8 Å². The highest BCUT2D eigenvalue weighted by Gasteiger charge is 2.28. The molecule has 0 saturated carbocycles. The minimum Gasteiger partial charge on any atom is -0.491 e. The summed E-state index contributed by atoms with van der Waals surface area (Å²) in [4.78, 5) is 6.79. The van der Waals surface area contributed by atoms with Crippen LogP contribution in [0.1, 0.15) is 13.8 Å². The fourth-order valence-corrected chi connectivity index (χ4v) is 3.45. The topological polar surface area (TPSA) is 58.1 Å². The van der Waals surface area contributed by atoms with Gasteiger partial charge in [0.2, 0.25) is 0 Å². The lowest BCUT2D eigenvalue weighted by Crippen LogP contribution is -2.56. The number of aliphatic imine (C=N–C) groups is 1. The fourth-order valence-electron chi connectivity index (χ4n) is 3.45. The third kappa shape index (κ3) is 6.72. The molecule has 2 N–H and O–H groups in total. The molecule has 1 fully saturated rings. The Morgan fingerprint density at radius 3 is 2.59 bits per heavy atom. The first-order valence-electron chi connectivity index (χ1n) is 9.98. The summed E-state index contributed by atoms with van der Waals surface area (Å²) in [5.74, 6) is 1.71. The van der Waals surface area contributed by atoms with Crippen molar-refractivity contribution in [1.82, 2.24) is 15.5 Å². The third-order valence-electron chi connectivity index (χ3n) is 5.18. The van der Waals surface area contributed by atoms with Crippen LogP contribution in [0.15, 0.2) is 47.5 Å². The lowest BCUT2D eigenvalue weighted by molar-refractivity contribution is -0.00834. The Morgan fingerprint density at radius 2 is 1.83 bits per heavy atom. The van der Waals surface area contributed by atoms with Gasteiger partial charge in [-0.25, -0.2) is 0 Å². The molecular formula is C22H33IN4O2. The summed E-state index contributed by atoms with van der Waals surface area (Å²) in [7, 11) is 1.79. The van der Waals surface area contributed by atoms with Gasteiger partial charge in [-0.1, -0.05) is 36.4 Å². The van der Waals surface area contributed by atoms with Crippen molar-refractivity contribution in [3.8, 4) is 5.75 Å². The van der Waals surface area contributed by atoms with E-state index in [0.717, 1.165) is 49.9 Å². The molecule has 160 valence electrons. The summed E-state index contributed by atoms with van der Waals surface area (Å²) >= 11 is 0. The molecule has 2 aromatic carbocycles. The van der Waals surface area contributed by atoms with Crippen molar-refractivity contribution in [2.75, 3.05) is 53.0 Å². The molecule has 7 heteroatoms. The molecule has 0 bridgehead atoms. The first-order valence-corrected chi connectivity index (χ1v) is 9.98. The monoisotopic (exact) mass is 512 g/mol. The van der Waals surface area contributed by atoms with E-state index < -0.39 is 0 Å². The van der Waals surface area contributed by atoms with Crippen LogP contribution in [0, 0.1) is 0 Å². The summed E-state index contributed by atoms with van der Waals surface area (Å²) < 4.78 is 11.4. The number of benzene rings is 2. The van der Waals surface area contributed by atoms with Gasteiger partial charge in [0, 0.05) is 37.6 Å². The first kappa shape index (κ1) is 23.7. The van der Waals surface area contributed by atoms with Gasteiger partial charge in [-0.2, -0.15) is 0 Å². The third-order valence-corrected chi connectivity index (χ3v) is 5.18. The van der Waals surface area contributed by atoms with Crippen molar-refractivity contribution in [3.63, 3.8) is 0 Å². The lowest BCUT2D eigenvalue weighted by atomic mass is 10.0. The van der Waals surface area contributed by atoms with E-state index in [4.69, 9.17) is 9.47 Å². The quantitative estimate of drug-likeness (QED) is 0.259. The Morgan fingerprint density at radius 1 is 1.10 bits per heavy atom. The maximum Gasteiger partial charge on any atom is 0.191 e. The molecule has 0 unspecified atom stereocenters. The molecule has 1 aliphatic heterocycles. The average molecular weight is 512 g/mol. The van der Waals surface area contributed by atoms with Gasteiger partial charge in [-0.15, -0.1) is 24.0 Å². The smallest absolute Gasteiger partial charge is 0.191 e. The molecule has 29 heavy (non-hydrogen) atoms. The van der Waals surface area contributed by atoms with Gasteiger partial charge < -0.3 is 20.1 Å². The zero-order valence-corrected chi connectivity index (χ0v) is 19.9. The molecule has 6 nitrogen and oxygen atoms in total. The first-order chi connectivity index (χ1) is 13.6. The number of hydrogen-bond donors (Lipinski definition) is 2. The molecule has 0 aromatic heterocycles. The van der Waals surface area contributed by atoms with Gasteiger partial charge >= 0.3 is 0 Å². The van der Waals surface area contributed by atoms with E-state index in [2.05, 4.69) is 52.6 Å². The second kappa shape index (κ2) is 11.6. The zero-order chi connectivity index (χ0) is 19.8. The van der Waals surface area contributed by atoms with Crippen molar-refractivity contribution in [3.05, 3.63) is 42.5 Å². The van der Waals surface area contributed by atoms with E-state index >= 15 is 0 Å². The molecule has 0 amide bonds. The highest BCUT2D eigenvalue weighted by atomic mass is 127. The number of ether oxygens (including phenoxy) is 2. The van der Waals surface area contributed by atoms with E-state index in [1.54, 1.807) is 7.05 Å². The van der Waals surface area contributed by atoms with Crippen LogP contribution in [0.2, 0.25) is 0 Å². The Labute approximate surface area is 191 Å². The minimum atomic E-state index is 0. The summed E-state index contributed by atoms with van der Waals surface area (Å²) in [6, 6.07) is 14.4.